The van der Waals surface area contributed by atoms with Gasteiger partial charge >= 0.3 is 0 Å². The molecule has 2 amide bonds. The van der Waals surface area contributed by atoms with E-state index < -0.39 is 18.6 Å². The van der Waals surface area contributed by atoms with Crippen molar-refractivity contribution in [3.63, 3.8) is 0 Å². The number of amides is 2. The van der Waals surface area contributed by atoms with Crippen LogP contribution in [0, 0.1) is 0 Å². The number of carbonyl (C=O) groups is 2. The molecule has 7 nitrogen and oxygen atoms in total. The summed E-state index contributed by atoms with van der Waals surface area (Å²) in [6.07, 6.45) is 2.21. The van der Waals surface area contributed by atoms with Crippen LogP contribution in [0.25, 0.3) is 21.8 Å². The molecule has 7 heteroatoms. The van der Waals surface area contributed by atoms with E-state index in [0.29, 0.717) is 18.7 Å². The fraction of sp³-hybridized carbons (Fsp3) is 0.208. The summed E-state index contributed by atoms with van der Waals surface area (Å²) in [5.41, 5.74) is 4.42. The van der Waals surface area contributed by atoms with Crippen molar-refractivity contribution < 1.29 is 14.7 Å². The van der Waals surface area contributed by atoms with Gasteiger partial charge in [-0.05, 0) is 30.2 Å². The van der Waals surface area contributed by atoms with Crippen molar-refractivity contribution in [2.24, 2.45) is 0 Å². The molecule has 31 heavy (non-hydrogen) atoms. The number of pyridine rings is 1. The van der Waals surface area contributed by atoms with E-state index >= 15 is 0 Å². The van der Waals surface area contributed by atoms with E-state index in [1.54, 1.807) is 11.0 Å². The number of carbonyl (C=O) groups excluding carboxylic acids is 2. The van der Waals surface area contributed by atoms with E-state index in [2.05, 4.69) is 21.4 Å². The second-order valence-corrected chi connectivity index (χ2v) is 7.76. The van der Waals surface area contributed by atoms with Crippen LogP contribution < -0.4 is 5.32 Å². The smallest absolute Gasteiger partial charge is 0.253 e. The first kappa shape index (κ1) is 19.3. The van der Waals surface area contributed by atoms with Gasteiger partial charge in [0.15, 0.2) is 0 Å². The Morgan fingerprint density at radius 2 is 1.97 bits per heavy atom. The maximum Gasteiger partial charge on any atom is 0.253 e. The monoisotopic (exact) mass is 414 g/mol. The van der Waals surface area contributed by atoms with Crippen LogP contribution in [0.5, 0.6) is 0 Å². The molecule has 4 aromatic rings. The molecule has 3 N–H and O–H groups in total. The standard InChI is InChI=1S/C24H22N4O3/c29-14-22(27-23(30)16-11-15-5-1-3-7-19(15)25-12-16)24(31)28-10-9-18-17-6-2-4-8-20(17)26-21(18)13-28/h1-8,11-12,22,26,29H,9-10,13-14H2,(H,27,30)/t22-/m0/s1. The van der Waals surface area contributed by atoms with E-state index in [4.69, 9.17) is 0 Å². The van der Waals surface area contributed by atoms with E-state index in [1.807, 2.05) is 42.5 Å². The number of nitrogens with one attached hydrogen (secondary N) is 2. The van der Waals surface area contributed by atoms with Crippen LogP contribution in [-0.4, -0.2) is 51.0 Å². The van der Waals surface area contributed by atoms with Gasteiger partial charge in [-0.1, -0.05) is 36.4 Å². The molecule has 2 aromatic carbocycles. The van der Waals surface area contributed by atoms with Crippen LogP contribution in [0.1, 0.15) is 21.6 Å². The average Bonchev–Trinajstić information content (AvgIpc) is 3.19. The Hall–Kier alpha value is -3.71. The molecule has 1 aliphatic heterocycles. The first-order valence-corrected chi connectivity index (χ1v) is 10.3. The number of aromatic amines is 1. The van der Waals surface area contributed by atoms with Gasteiger partial charge in [-0.25, -0.2) is 0 Å². The van der Waals surface area contributed by atoms with Crippen LogP contribution >= 0.6 is 0 Å². The van der Waals surface area contributed by atoms with Gasteiger partial charge in [0.05, 0.1) is 24.2 Å². The highest BCUT2D eigenvalue weighted by Gasteiger charge is 2.29. The zero-order valence-corrected chi connectivity index (χ0v) is 16.8. The summed E-state index contributed by atoms with van der Waals surface area (Å²) < 4.78 is 0. The van der Waals surface area contributed by atoms with E-state index in [0.717, 1.165) is 28.5 Å². The fourth-order valence-electron chi connectivity index (χ4n) is 4.22. The van der Waals surface area contributed by atoms with E-state index in [-0.39, 0.29) is 5.91 Å². The number of aliphatic hydroxyl groups excluding tert-OH is 1. The molecule has 0 spiro atoms. The minimum Gasteiger partial charge on any atom is -0.394 e. The summed E-state index contributed by atoms with van der Waals surface area (Å²) in [5.74, 6) is -0.733. The quantitative estimate of drug-likeness (QED) is 0.478. The average molecular weight is 414 g/mol. The van der Waals surface area contributed by atoms with Crippen molar-refractivity contribution in [1.82, 2.24) is 20.2 Å². The second kappa shape index (κ2) is 7.85. The molecule has 0 saturated carbocycles. The number of para-hydroxylation sites is 2. The first-order valence-electron chi connectivity index (χ1n) is 10.3. The van der Waals surface area contributed by atoms with Gasteiger partial charge in [-0.2, -0.15) is 0 Å². The molecule has 5 rings (SSSR count). The lowest BCUT2D eigenvalue weighted by molar-refractivity contribution is -0.135. The third kappa shape index (κ3) is 3.53. The predicted octanol–water partition coefficient (Wildman–Crippen LogP) is 2.39. The molecular weight excluding hydrogens is 392 g/mol. The van der Waals surface area contributed by atoms with Gasteiger partial charge in [0, 0.05) is 34.7 Å². The molecule has 2 aromatic heterocycles. The molecule has 1 aliphatic rings. The number of fused-ring (bicyclic) bond motifs is 4. The Morgan fingerprint density at radius 3 is 2.84 bits per heavy atom. The van der Waals surface area contributed by atoms with Crippen LogP contribution in [0.15, 0.2) is 60.8 Å². The van der Waals surface area contributed by atoms with Crippen LogP contribution in [0.2, 0.25) is 0 Å². The number of hydrogen-bond acceptors (Lipinski definition) is 4. The summed E-state index contributed by atoms with van der Waals surface area (Å²) in [7, 11) is 0. The van der Waals surface area contributed by atoms with Crippen molar-refractivity contribution in [2.45, 2.75) is 19.0 Å². The van der Waals surface area contributed by atoms with Crippen molar-refractivity contribution in [3.8, 4) is 0 Å². The summed E-state index contributed by atoms with van der Waals surface area (Å²) in [4.78, 5) is 35.1. The third-order valence-corrected chi connectivity index (χ3v) is 5.83. The summed E-state index contributed by atoms with van der Waals surface area (Å²) in [5, 5.41) is 14.5. The Labute approximate surface area is 178 Å². The lowest BCUT2D eigenvalue weighted by Crippen LogP contribution is -2.51. The number of hydrogen-bond donors (Lipinski definition) is 3. The molecule has 0 bridgehead atoms. The molecular formula is C24H22N4O3. The molecule has 1 atom stereocenters. The summed E-state index contributed by atoms with van der Waals surface area (Å²) in [6.45, 7) is 0.492. The SMILES string of the molecule is O=C(N[C@@H](CO)C(=O)N1CCc2c([nH]c3ccccc23)C1)c1cnc2ccccc2c1. The Kier molecular flexibility index (Phi) is 4.88. The minimum absolute atomic E-state index is 0.297. The van der Waals surface area contributed by atoms with Crippen LogP contribution in [-0.2, 0) is 17.8 Å². The maximum atomic E-state index is 13.1. The largest absolute Gasteiger partial charge is 0.394 e. The molecule has 3 heterocycles. The molecule has 0 fully saturated rings. The highest BCUT2D eigenvalue weighted by atomic mass is 16.3. The number of H-pyrrole nitrogens is 1. The number of benzene rings is 2. The molecule has 156 valence electrons. The lowest BCUT2D eigenvalue weighted by Gasteiger charge is -2.30. The van der Waals surface area contributed by atoms with Gasteiger partial charge in [-0.15, -0.1) is 0 Å². The highest BCUT2D eigenvalue weighted by Crippen LogP contribution is 2.27. The number of aromatic nitrogens is 2. The third-order valence-electron chi connectivity index (χ3n) is 5.83. The maximum absolute atomic E-state index is 13.1. The van der Waals surface area contributed by atoms with Crippen molar-refractivity contribution in [3.05, 3.63) is 77.6 Å². The molecule has 0 unspecified atom stereocenters. The zero-order valence-electron chi connectivity index (χ0n) is 16.8. The van der Waals surface area contributed by atoms with Gasteiger partial charge in [0.1, 0.15) is 6.04 Å². The van der Waals surface area contributed by atoms with Crippen LogP contribution in [0.4, 0.5) is 0 Å². The first-order chi connectivity index (χ1) is 15.1. The number of aliphatic hydroxyl groups is 1. The Balaban J connectivity index is 1.32. The normalized spacial score (nSPS) is 14.4. The molecule has 0 aliphatic carbocycles. The van der Waals surface area contributed by atoms with Crippen molar-refractivity contribution in [1.29, 1.82) is 0 Å². The fourth-order valence-corrected chi connectivity index (χ4v) is 4.22. The van der Waals surface area contributed by atoms with Gasteiger partial charge in [0.2, 0.25) is 5.91 Å². The van der Waals surface area contributed by atoms with Gasteiger partial charge in [0.25, 0.3) is 5.91 Å². The highest BCUT2D eigenvalue weighted by molar-refractivity contribution is 5.99. The summed E-state index contributed by atoms with van der Waals surface area (Å²) >= 11 is 0. The zero-order chi connectivity index (χ0) is 21.4. The Morgan fingerprint density at radius 1 is 1.16 bits per heavy atom. The van der Waals surface area contributed by atoms with Crippen molar-refractivity contribution >= 4 is 33.6 Å². The van der Waals surface area contributed by atoms with Gasteiger partial charge in [-0.3, -0.25) is 14.6 Å². The van der Waals surface area contributed by atoms with E-state index in [1.165, 1.54) is 17.1 Å². The van der Waals surface area contributed by atoms with Gasteiger partial charge < -0.3 is 20.3 Å². The number of rotatable bonds is 4. The van der Waals surface area contributed by atoms with E-state index in [9.17, 15) is 14.7 Å². The lowest BCUT2D eigenvalue weighted by atomic mass is 10.0. The van der Waals surface area contributed by atoms with Crippen LogP contribution in [0.3, 0.4) is 0 Å². The molecule has 0 radical (unpaired) electrons. The summed E-state index contributed by atoms with van der Waals surface area (Å²) in [6, 6.07) is 16.3. The predicted molar refractivity (Wildman–Crippen MR) is 118 cm³/mol. The second-order valence-electron chi connectivity index (χ2n) is 7.76. The molecule has 0 saturated heterocycles. The topological polar surface area (TPSA) is 98.3 Å². The number of nitrogens with zero attached hydrogens (tertiary/aromatic N) is 2. The van der Waals surface area contributed by atoms with Crippen molar-refractivity contribution in [2.75, 3.05) is 13.2 Å². The Bertz CT molecular complexity index is 1300. The minimum atomic E-state index is -1.01.